The summed E-state index contributed by atoms with van der Waals surface area (Å²) in [6.45, 7) is 0.731. The van der Waals surface area contributed by atoms with Crippen molar-refractivity contribution < 1.29 is 4.74 Å². The standard InChI is InChI=1S/C23H24N2O/c1-26-21-12-5-4-11-20(21)23-18(10-6-7-15-24)19-14-13-16-8-2-3-9-17(16)22(19)25-23/h2-5,8-9,11-14,25H,6-7,10,15,24H2,1H3. The van der Waals surface area contributed by atoms with E-state index in [4.69, 9.17) is 10.5 Å². The van der Waals surface area contributed by atoms with Gasteiger partial charge < -0.3 is 15.5 Å². The first-order valence-corrected chi connectivity index (χ1v) is 9.19. The van der Waals surface area contributed by atoms with Gasteiger partial charge in [-0.15, -0.1) is 0 Å². The van der Waals surface area contributed by atoms with E-state index >= 15 is 0 Å². The number of fused-ring (bicyclic) bond motifs is 3. The van der Waals surface area contributed by atoms with Gasteiger partial charge in [-0.05, 0) is 48.9 Å². The maximum Gasteiger partial charge on any atom is 0.128 e. The summed E-state index contributed by atoms with van der Waals surface area (Å²) in [6.07, 6.45) is 3.12. The summed E-state index contributed by atoms with van der Waals surface area (Å²) >= 11 is 0. The van der Waals surface area contributed by atoms with Crippen LogP contribution in [0.4, 0.5) is 0 Å². The third-order valence-corrected chi connectivity index (χ3v) is 5.06. The van der Waals surface area contributed by atoms with E-state index in [9.17, 15) is 0 Å². The van der Waals surface area contributed by atoms with Crippen LogP contribution in [-0.4, -0.2) is 18.6 Å². The number of H-pyrrole nitrogens is 1. The first-order valence-electron chi connectivity index (χ1n) is 9.19. The second kappa shape index (κ2) is 7.22. The minimum atomic E-state index is 0.731. The molecule has 0 radical (unpaired) electrons. The second-order valence-corrected chi connectivity index (χ2v) is 6.63. The van der Waals surface area contributed by atoms with Crippen molar-refractivity contribution in [2.45, 2.75) is 19.3 Å². The zero-order chi connectivity index (χ0) is 17.9. The molecule has 0 aliphatic carbocycles. The summed E-state index contributed by atoms with van der Waals surface area (Å²) in [5.74, 6) is 0.892. The number of benzene rings is 3. The molecule has 0 saturated carbocycles. The van der Waals surface area contributed by atoms with Gasteiger partial charge in [0, 0.05) is 16.3 Å². The zero-order valence-corrected chi connectivity index (χ0v) is 15.1. The van der Waals surface area contributed by atoms with Crippen molar-refractivity contribution in [2.75, 3.05) is 13.7 Å². The monoisotopic (exact) mass is 344 g/mol. The molecule has 1 aromatic heterocycles. The summed E-state index contributed by atoms with van der Waals surface area (Å²) in [6, 6.07) is 21.2. The van der Waals surface area contributed by atoms with Crippen LogP contribution in [0.1, 0.15) is 18.4 Å². The van der Waals surface area contributed by atoms with Gasteiger partial charge in [0.1, 0.15) is 5.75 Å². The molecule has 0 fully saturated rings. The maximum atomic E-state index is 5.72. The lowest BCUT2D eigenvalue weighted by molar-refractivity contribution is 0.416. The van der Waals surface area contributed by atoms with Crippen molar-refractivity contribution in [1.82, 2.24) is 4.98 Å². The highest BCUT2D eigenvalue weighted by molar-refractivity contribution is 6.09. The lowest BCUT2D eigenvalue weighted by Gasteiger charge is -2.09. The van der Waals surface area contributed by atoms with Gasteiger partial charge in [-0.3, -0.25) is 0 Å². The van der Waals surface area contributed by atoms with Gasteiger partial charge in [-0.1, -0.05) is 48.5 Å². The van der Waals surface area contributed by atoms with Crippen LogP contribution in [0.25, 0.3) is 32.9 Å². The van der Waals surface area contributed by atoms with Crippen molar-refractivity contribution in [3.05, 3.63) is 66.2 Å². The Morgan fingerprint density at radius 3 is 2.54 bits per heavy atom. The van der Waals surface area contributed by atoms with E-state index in [-0.39, 0.29) is 0 Å². The SMILES string of the molecule is COc1ccccc1-c1[nH]c2c(ccc3ccccc32)c1CCCCN. The molecule has 4 aromatic rings. The summed E-state index contributed by atoms with van der Waals surface area (Å²) in [5, 5.41) is 3.80. The van der Waals surface area contributed by atoms with Crippen molar-refractivity contribution >= 4 is 21.7 Å². The molecule has 3 aromatic carbocycles. The Morgan fingerprint density at radius 1 is 0.885 bits per heavy atom. The maximum absolute atomic E-state index is 5.72. The Kier molecular flexibility index (Phi) is 4.63. The number of hydrogen-bond acceptors (Lipinski definition) is 2. The number of methoxy groups -OCH3 is 1. The quantitative estimate of drug-likeness (QED) is 0.468. The predicted octanol–water partition coefficient (Wildman–Crippen LogP) is 5.28. The zero-order valence-electron chi connectivity index (χ0n) is 15.1. The van der Waals surface area contributed by atoms with Crippen LogP contribution >= 0.6 is 0 Å². The highest BCUT2D eigenvalue weighted by Gasteiger charge is 2.17. The van der Waals surface area contributed by atoms with Crippen LogP contribution in [0, 0.1) is 0 Å². The molecule has 0 spiro atoms. The Hall–Kier alpha value is -2.78. The number of nitrogens with one attached hydrogen (secondary N) is 1. The van der Waals surface area contributed by atoms with E-state index in [1.807, 2.05) is 12.1 Å². The lowest BCUT2D eigenvalue weighted by Crippen LogP contribution is -1.99. The first-order chi connectivity index (χ1) is 12.8. The van der Waals surface area contributed by atoms with Gasteiger partial charge in [0.25, 0.3) is 0 Å². The molecule has 0 bridgehead atoms. The first kappa shape index (κ1) is 16.7. The van der Waals surface area contributed by atoms with E-state index in [1.165, 1.54) is 27.2 Å². The van der Waals surface area contributed by atoms with Crippen LogP contribution in [-0.2, 0) is 6.42 Å². The topological polar surface area (TPSA) is 51.0 Å². The van der Waals surface area contributed by atoms with Crippen LogP contribution < -0.4 is 10.5 Å². The fourth-order valence-corrected chi connectivity index (χ4v) is 3.78. The normalized spacial score (nSPS) is 11.3. The van der Waals surface area contributed by atoms with Gasteiger partial charge in [0.05, 0.1) is 18.3 Å². The summed E-state index contributed by atoms with van der Waals surface area (Å²) in [7, 11) is 1.73. The number of ether oxygens (including phenoxy) is 1. The van der Waals surface area contributed by atoms with E-state index in [1.54, 1.807) is 7.11 Å². The Morgan fingerprint density at radius 2 is 1.69 bits per heavy atom. The summed E-state index contributed by atoms with van der Waals surface area (Å²) < 4.78 is 5.62. The Labute approximate surface area is 153 Å². The molecule has 0 atom stereocenters. The van der Waals surface area contributed by atoms with Gasteiger partial charge >= 0.3 is 0 Å². The molecular formula is C23H24N2O. The van der Waals surface area contributed by atoms with Crippen molar-refractivity contribution in [1.29, 1.82) is 0 Å². The molecule has 0 unspecified atom stereocenters. The average Bonchev–Trinajstić information content (AvgIpc) is 3.07. The van der Waals surface area contributed by atoms with Gasteiger partial charge in [0.2, 0.25) is 0 Å². The van der Waals surface area contributed by atoms with Crippen LogP contribution in [0.15, 0.2) is 60.7 Å². The van der Waals surface area contributed by atoms with Crippen LogP contribution in [0.3, 0.4) is 0 Å². The van der Waals surface area contributed by atoms with E-state index in [0.29, 0.717) is 0 Å². The molecule has 4 rings (SSSR count). The fourth-order valence-electron chi connectivity index (χ4n) is 3.78. The number of unbranched alkanes of at least 4 members (excludes halogenated alkanes) is 1. The number of rotatable bonds is 6. The van der Waals surface area contributed by atoms with Gasteiger partial charge in [-0.25, -0.2) is 0 Å². The molecule has 3 nitrogen and oxygen atoms in total. The fraction of sp³-hybridized carbons (Fsp3) is 0.217. The summed E-state index contributed by atoms with van der Waals surface area (Å²) in [4.78, 5) is 3.71. The number of aromatic amines is 1. The average molecular weight is 344 g/mol. The second-order valence-electron chi connectivity index (χ2n) is 6.63. The molecule has 0 saturated heterocycles. The van der Waals surface area contributed by atoms with Crippen molar-refractivity contribution in [2.24, 2.45) is 5.73 Å². The molecule has 3 heteroatoms. The minimum absolute atomic E-state index is 0.731. The van der Waals surface area contributed by atoms with E-state index in [0.717, 1.165) is 42.8 Å². The van der Waals surface area contributed by atoms with Gasteiger partial charge in [-0.2, -0.15) is 0 Å². The highest BCUT2D eigenvalue weighted by atomic mass is 16.5. The molecule has 132 valence electrons. The molecular weight excluding hydrogens is 320 g/mol. The van der Waals surface area contributed by atoms with Gasteiger partial charge in [0.15, 0.2) is 0 Å². The number of hydrogen-bond donors (Lipinski definition) is 2. The van der Waals surface area contributed by atoms with E-state index in [2.05, 4.69) is 53.5 Å². The Bertz CT molecular complexity index is 1050. The van der Waals surface area contributed by atoms with Crippen LogP contribution in [0.2, 0.25) is 0 Å². The van der Waals surface area contributed by atoms with Crippen LogP contribution in [0.5, 0.6) is 5.75 Å². The molecule has 0 aliphatic heterocycles. The number of nitrogens with two attached hydrogens (primary N) is 1. The molecule has 0 aliphatic rings. The lowest BCUT2D eigenvalue weighted by atomic mass is 9.98. The molecule has 26 heavy (non-hydrogen) atoms. The number of para-hydroxylation sites is 1. The third-order valence-electron chi connectivity index (χ3n) is 5.06. The number of aryl methyl sites for hydroxylation is 1. The summed E-state index contributed by atoms with van der Waals surface area (Å²) in [5.41, 5.74) is 10.5. The van der Waals surface area contributed by atoms with Crippen molar-refractivity contribution in [3.8, 4) is 17.0 Å². The third kappa shape index (κ3) is 2.85. The van der Waals surface area contributed by atoms with E-state index < -0.39 is 0 Å². The smallest absolute Gasteiger partial charge is 0.128 e. The molecule has 0 amide bonds. The largest absolute Gasteiger partial charge is 0.496 e. The number of aromatic nitrogens is 1. The Balaban J connectivity index is 1.97. The predicted molar refractivity (Wildman–Crippen MR) is 110 cm³/mol. The van der Waals surface area contributed by atoms with Crippen molar-refractivity contribution in [3.63, 3.8) is 0 Å². The highest BCUT2D eigenvalue weighted by Crippen LogP contribution is 2.38. The molecule has 3 N–H and O–H groups in total. The minimum Gasteiger partial charge on any atom is -0.496 e. The molecule has 1 heterocycles.